The summed E-state index contributed by atoms with van der Waals surface area (Å²) in [7, 11) is 0. The lowest BCUT2D eigenvalue weighted by molar-refractivity contribution is 0.265. The zero-order valence-corrected chi connectivity index (χ0v) is 10.7. The van der Waals surface area contributed by atoms with E-state index in [1.807, 2.05) is 30.3 Å². The van der Waals surface area contributed by atoms with Crippen molar-refractivity contribution in [2.75, 3.05) is 11.9 Å². The van der Waals surface area contributed by atoms with E-state index in [4.69, 9.17) is 5.73 Å². The second kappa shape index (κ2) is 4.52. The van der Waals surface area contributed by atoms with E-state index in [1.165, 1.54) is 6.42 Å². The minimum absolute atomic E-state index is 0.125. The van der Waals surface area contributed by atoms with E-state index < -0.39 is 0 Å². The van der Waals surface area contributed by atoms with Crippen LogP contribution in [0, 0.1) is 11.3 Å². The summed E-state index contributed by atoms with van der Waals surface area (Å²) >= 11 is 0. The van der Waals surface area contributed by atoms with Crippen molar-refractivity contribution in [1.29, 1.82) is 5.26 Å². The van der Waals surface area contributed by atoms with Gasteiger partial charge in [0.05, 0.1) is 11.1 Å². The monoisotopic (exact) mass is 252 g/mol. The number of rotatable bonds is 3. The van der Waals surface area contributed by atoms with Crippen LogP contribution in [0.2, 0.25) is 0 Å². The molecule has 0 unspecified atom stereocenters. The van der Waals surface area contributed by atoms with Crippen molar-refractivity contribution < 1.29 is 0 Å². The number of nitrogens with zero attached hydrogens (tertiary/aromatic N) is 2. The molecule has 1 saturated carbocycles. The van der Waals surface area contributed by atoms with Crippen LogP contribution in [0.3, 0.4) is 0 Å². The number of benzene rings is 1. The molecule has 1 aliphatic carbocycles. The van der Waals surface area contributed by atoms with Crippen molar-refractivity contribution in [3.63, 3.8) is 0 Å². The van der Waals surface area contributed by atoms with Gasteiger partial charge in [-0.25, -0.2) is 4.98 Å². The third-order valence-corrected chi connectivity index (χ3v) is 3.80. The Morgan fingerprint density at radius 2 is 2.16 bits per heavy atom. The van der Waals surface area contributed by atoms with Gasteiger partial charge in [0.2, 0.25) is 0 Å². The van der Waals surface area contributed by atoms with Gasteiger partial charge in [0, 0.05) is 17.5 Å². The average molecular weight is 252 g/mol. The number of fused-ring (bicyclic) bond motifs is 1. The van der Waals surface area contributed by atoms with Crippen LogP contribution < -0.4 is 11.1 Å². The zero-order chi connectivity index (χ0) is 13.3. The van der Waals surface area contributed by atoms with Gasteiger partial charge in [0.1, 0.15) is 11.9 Å². The smallest absolute Gasteiger partial charge is 0.144 e. The molecule has 0 atom stereocenters. The number of hydrogen-bond acceptors (Lipinski definition) is 4. The molecule has 0 spiro atoms. The topological polar surface area (TPSA) is 74.7 Å². The maximum Gasteiger partial charge on any atom is 0.144 e. The van der Waals surface area contributed by atoms with E-state index in [0.29, 0.717) is 17.9 Å². The number of para-hydroxylation sites is 1. The first-order chi connectivity index (χ1) is 9.20. The molecule has 1 aromatic heterocycles. The van der Waals surface area contributed by atoms with Gasteiger partial charge >= 0.3 is 0 Å². The highest BCUT2D eigenvalue weighted by molar-refractivity contribution is 5.82. The van der Waals surface area contributed by atoms with E-state index in [-0.39, 0.29) is 5.54 Å². The summed E-state index contributed by atoms with van der Waals surface area (Å²) in [5, 5.41) is 13.4. The van der Waals surface area contributed by atoms with Gasteiger partial charge in [-0.2, -0.15) is 5.26 Å². The van der Waals surface area contributed by atoms with Crippen LogP contribution in [-0.4, -0.2) is 17.1 Å². The summed E-state index contributed by atoms with van der Waals surface area (Å²) in [5.74, 6) is 0.637. The fourth-order valence-corrected chi connectivity index (χ4v) is 2.40. The van der Waals surface area contributed by atoms with Crippen molar-refractivity contribution in [1.82, 2.24) is 4.98 Å². The Morgan fingerprint density at radius 1 is 1.37 bits per heavy atom. The Labute approximate surface area is 112 Å². The van der Waals surface area contributed by atoms with E-state index in [1.54, 1.807) is 0 Å². The fourth-order valence-electron chi connectivity index (χ4n) is 2.40. The molecule has 2 aromatic rings. The summed E-state index contributed by atoms with van der Waals surface area (Å²) in [6.07, 6.45) is 3.26. The molecule has 4 heteroatoms. The van der Waals surface area contributed by atoms with Gasteiger partial charge in [-0.05, 0) is 31.4 Å². The SMILES string of the molecule is N#Cc1cc2ccccc2nc1NCC1(N)CCC1. The lowest BCUT2D eigenvalue weighted by Gasteiger charge is -2.38. The summed E-state index contributed by atoms with van der Waals surface area (Å²) in [6.45, 7) is 0.674. The minimum Gasteiger partial charge on any atom is -0.367 e. The molecule has 96 valence electrons. The van der Waals surface area contributed by atoms with E-state index in [2.05, 4.69) is 16.4 Å². The van der Waals surface area contributed by atoms with E-state index in [0.717, 1.165) is 23.7 Å². The molecule has 1 aliphatic rings. The molecule has 0 bridgehead atoms. The third kappa shape index (κ3) is 2.25. The van der Waals surface area contributed by atoms with E-state index in [9.17, 15) is 5.26 Å². The molecular weight excluding hydrogens is 236 g/mol. The normalized spacial score (nSPS) is 16.6. The van der Waals surface area contributed by atoms with Crippen molar-refractivity contribution in [3.8, 4) is 6.07 Å². The lowest BCUT2D eigenvalue weighted by Crippen LogP contribution is -2.52. The van der Waals surface area contributed by atoms with Crippen LogP contribution in [0.15, 0.2) is 30.3 Å². The highest BCUT2D eigenvalue weighted by Crippen LogP contribution is 2.29. The second-order valence-corrected chi connectivity index (χ2v) is 5.26. The quantitative estimate of drug-likeness (QED) is 0.879. The highest BCUT2D eigenvalue weighted by atomic mass is 15.0. The standard InChI is InChI=1S/C15H16N4/c16-9-12-8-11-4-1-2-5-13(11)19-14(12)18-10-15(17)6-3-7-15/h1-2,4-5,8H,3,6-7,10,17H2,(H,18,19). The van der Waals surface area contributed by atoms with Crippen LogP contribution in [0.25, 0.3) is 10.9 Å². The third-order valence-electron chi connectivity index (χ3n) is 3.80. The molecule has 1 heterocycles. The van der Waals surface area contributed by atoms with Gasteiger partial charge in [-0.3, -0.25) is 0 Å². The lowest BCUT2D eigenvalue weighted by atomic mass is 9.78. The Kier molecular flexibility index (Phi) is 2.84. The van der Waals surface area contributed by atoms with Crippen molar-refractivity contribution >= 4 is 16.7 Å². The Hall–Kier alpha value is -2.12. The van der Waals surface area contributed by atoms with E-state index >= 15 is 0 Å². The number of anilines is 1. The van der Waals surface area contributed by atoms with Crippen molar-refractivity contribution in [3.05, 3.63) is 35.9 Å². The number of nitrogens with two attached hydrogens (primary N) is 1. The first-order valence-corrected chi connectivity index (χ1v) is 6.53. The number of nitrogens with one attached hydrogen (secondary N) is 1. The maximum atomic E-state index is 9.22. The number of pyridine rings is 1. The van der Waals surface area contributed by atoms with Gasteiger partial charge in [-0.1, -0.05) is 18.2 Å². The summed E-state index contributed by atoms with van der Waals surface area (Å²) < 4.78 is 0. The molecular formula is C15H16N4. The average Bonchev–Trinajstić information content (AvgIpc) is 2.42. The van der Waals surface area contributed by atoms with Gasteiger partial charge in [0.25, 0.3) is 0 Å². The Morgan fingerprint density at radius 3 is 2.84 bits per heavy atom. The predicted molar refractivity (Wildman–Crippen MR) is 75.7 cm³/mol. The molecule has 19 heavy (non-hydrogen) atoms. The molecule has 0 radical (unpaired) electrons. The first kappa shape index (κ1) is 11.9. The molecule has 1 fully saturated rings. The first-order valence-electron chi connectivity index (χ1n) is 6.53. The Balaban J connectivity index is 1.91. The maximum absolute atomic E-state index is 9.22. The summed E-state index contributed by atoms with van der Waals surface area (Å²) in [6, 6.07) is 11.9. The van der Waals surface area contributed by atoms with Crippen LogP contribution in [0.1, 0.15) is 24.8 Å². The van der Waals surface area contributed by atoms with Gasteiger partial charge in [0.15, 0.2) is 0 Å². The van der Waals surface area contributed by atoms with Crippen LogP contribution in [0.4, 0.5) is 5.82 Å². The second-order valence-electron chi connectivity index (χ2n) is 5.26. The zero-order valence-electron chi connectivity index (χ0n) is 10.7. The Bertz CT molecular complexity index is 653. The highest BCUT2D eigenvalue weighted by Gasteiger charge is 2.32. The van der Waals surface area contributed by atoms with Gasteiger partial charge in [-0.15, -0.1) is 0 Å². The van der Waals surface area contributed by atoms with Crippen LogP contribution in [0.5, 0.6) is 0 Å². The van der Waals surface area contributed by atoms with Crippen LogP contribution in [-0.2, 0) is 0 Å². The number of aromatic nitrogens is 1. The molecule has 3 N–H and O–H groups in total. The summed E-state index contributed by atoms with van der Waals surface area (Å²) in [4.78, 5) is 4.52. The molecule has 0 saturated heterocycles. The molecule has 3 rings (SSSR count). The van der Waals surface area contributed by atoms with Crippen molar-refractivity contribution in [2.45, 2.75) is 24.8 Å². The fraction of sp³-hybridized carbons (Fsp3) is 0.333. The molecule has 4 nitrogen and oxygen atoms in total. The molecule has 0 aliphatic heterocycles. The summed E-state index contributed by atoms with van der Waals surface area (Å²) in [5.41, 5.74) is 7.52. The number of hydrogen-bond donors (Lipinski definition) is 2. The number of nitriles is 1. The van der Waals surface area contributed by atoms with Crippen LogP contribution >= 0.6 is 0 Å². The predicted octanol–water partition coefficient (Wildman–Crippen LogP) is 2.40. The minimum atomic E-state index is -0.125. The van der Waals surface area contributed by atoms with Crippen molar-refractivity contribution in [2.24, 2.45) is 5.73 Å². The molecule has 0 amide bonds. The molecule has 1 aromatic carbocycles. The largest absolute Gasteiger partial charge is 0.367 e. The van der Waals surface area contributed by atoms with Gasteiger partial charge < -0.3 is 11.1 Å².